The summed E-state index contributed by atoms with van der Waals surface area (Å²) in [4.78, 5) is 14.1. The lowest BCUT2D eigenvalue weighted by Crippen LogP contribution is -2.33. The number of carbonyl (C=O) groups is 1. The van der Waals surface area contributed by atoms with E-state index in [9.17, 15) is 10.1 Å². The van der Waals surface area contributed by atoms with Gasteiger partial charge in [-0.1, -0.05) is 42.5 Å². The van der Waals surface area contributed by atoms with Crippen LogP contribution in [0.15, 0.2) is 54.6 Å². The molecule has 0 bridgehead atoms. The van der Waals surface area contributed by atoms with E-state index in [0.717, 1.165) is 16.8 Å². The van der Waals surface area contributed by atoms with E-state index in [-0.39, 0.29) is 5.91 Å². The summed E-state index contributed by atoms with van der Waals surface area (Å²) < 4.78 is 0. The highest BCUT2D eigenvalue weighted by molar-refractivity contribution is 5.96. The van der Waals surface area contributed by atoms with Gasteiger partial charge in [-0.25, -0.2) is 0 Å². The molecule has 0 N–H and O–H groups in total. The largest absolute Gasteiger partial charge is 0.314 e. The molecule has 0 aromatic heterocycles. The Hall–Kier alpha value is -2.60. The summed E-state index contributed by atoms with van der Waals surface area (Å²) in [6.07, 6.45) is 0.437. The van der Waals surface area contributed by atoms with Gasteiger partial charge in [-0.15, -0.1) is 0 Å². The van der Waals surface area contributed by atoms with Crippen LogP contribution in [0.1, 0.15) is 11.1 Å². The molecule has 0 aliphatic heterocycles. The first-order chi connectivity index (χ1) is 10.1. The SMILES string of the molecule is Cc1cccc(N(C)C(=O)C(C#N)Cc2ccccc2)c1. The minimum atomic E-state index is -0.669. The van der Waals surface area contributed by atoms with Crippen molar-refractivity contribution in [2.24, 2.45) is 5.92 Å². The third-order valence-corrected chi connectivity index (χ3v) is 3.46. The van der Waals surface area contributed by atoms with E-state index in [2.05, 4.69) is 6.07 Å². The van der Waals surface area contributed by atoms with Crippen LogP contribution in [0.5, 0.6) is 0 Å². The van der Waals surface area contributed by atoms with Gasteiger partial charge in [0.1, 0.15) is 5.92 Å². The monoisotopic (exact) mass is 278 g/mol. The van der Waals surface area contributed by atoms with Gasteiger partial charge < -0.3 is 4.90 Å². The maximum atomic E-state index is 12.5. The van der Waals surface area contributed by atoms with Crippen LogP contribution in [-0.2, 0) is 11.2 Å². The lowest BCUT2D eigenvalue weighted by atomic mass is 9.99. The van der Waals surface area contributed by atoms with Crippen LogP contribution in [0.3, 0.4) is 0 Å². The van der Waals surface area contributed by atoms with Crippen LogP contribution in [0.4, 0.5) is 5.69 Å². The molecule has 1 amide bonds. The lowest BCUT2D eigenvalue weighted by molar-refractivity contribution is -0.120. The van der Waals surface area contributed by atoms with Crippen molar-refractivity contribution < 1.29 is 4.79 Å². The van der Waals surface area contributed by atoms with Gasteiger partial charge in [0.15, 0.2) is 0 Å². The predicted octanol–water partition coefficient (Wildman–Crippen LogP) is 3.34. The van der Waals surface area contributed by atoms with Gasteiger partial charge in [0, 0.05) is 12.7 Å². The smallest absolute Gasteiger partial charge is 0.244 e. The van der Waals surface area contributed by atoms with Gasteiger partial charge in [0.25, 0.3) is 0 Å². The highest BCUT2D eigenvalue weighted by Crippen LogP contribution is 2.18. The van der Waals surface area contributed by atoms with Gasteiger partial charge in [-0.2, -0.15) is 5.26 Å². The van der Waals surface area contributed by atoms with Crippen LogP contribution < -0.4 is 4.90 Å². The zero-order valence-corrected chi connectivity index (χ0v) is 12.3. The molecule has 2 aromatic carbocycles. The Labute approximate surface area is 125 Å². The normalized spacial score (nSPS) is 11.5. The predicted molar refractivity (Wildman–Crippen MR) is 83.8 cm³/mol. The van der Waals surface area contributed by atoms with Crippen molar-refractivity contribution in [2.75, 3.05) is 11.9 Å². The van der Waals surface area contributed by atoms with E-state index in [0.29, 0.717) is 6.42 Å². The summed E-state index contributed by atoms with van der Waals surface area (Å²) in [5.74, 6) is -0.843. The Bertz CT molecular complexity index is 658. The zero-order valence-electron chi connectivity index (χ0n) is 12.3. The number of hydrogen-bond donors (Lipinski definition) is 0. The van der Waals surface area contributed by atoms with Gasteiger partial charge in [-0.3, -0.25) is 4.79 Å². The van der Waals surface area contributed by atoms with Crippen molar-refractivity contribution in [3.63, 3.8) is 0 Å². The molecule has 21 heavy (non-hydrogen) atoms. The third-order valence-electron chi connectivity index (χ3n) is 3.46. The summed E-state index contributed by atoms with van der Waals surface area (Å²) >= 11 is 0. The second-order valence-corrected chi connectivity index (χ2v) is 5.11. The number of anilines is 1. The molecule has 106 valence electrons. The Morgan fingerprint density at radius 3 is 2.52 bits per heavy atom. The number of carbonyl (C=O) groups excluding carboxylic acids is 1. The minimum absolute atomic E-state index is 0.174. The van der Waals surface area contributed by atoms with Crippen LogP contribution >= 0.6 is 0 Å². The molecular weight excluding hydrogens is 260 g/mol. The average molecular weight is 278 g/mol. The molecule has 2 aromatic rings. The number of rotatable bonds is 4. The molecule has 2 rings (SSSR count). The van der Waals surface area contributed by atoms with Gasteiger partial charge >= 0.3 is 0 Å². The fraction of sp³-hybridized carbons (Fsp3) is 0.222. The standard InChI is InChI=1S/C18H18N2O/c1-14-7-6-10-17(11-14)20(2)18(21)16(13-19)12-15-8-4-3-5-9-15/h3-11,16H,12H2,1-2H3. The van der Waals surface area contributed by atoms with Gasteiger partial charge in [0.05, 0.1) is 6.07 Å². The Balaban J connectivity index is 2.15. The van der Waals surface area contributed by atoms with Crippen molar-refractivity contribution >= 4 is 11.6 Å². The number of amides is 1. The van der Waals surface area contributed by atoms with E-state index in [1.54, 1.807) is 11.9 Å². The number of benzene rings is 2. The molecule has 0 saturated heterocycles. The fourth-order valence-electron chi connectivity index (χ4n) is 2.24. The van der Waals surface area contributed by atoms with Gasteiger partial charge in [0.2, 0.25) is 5.91 Å². The summed E-state index contributed by atoms with van der Waals surface area (Å²) in [6.45, 7) is 1.98. The van der Waals surface area contributed by atoms with Crippen molar-refractivity contribution in [1.29, 1.82) is 5.26 Å². The topological polar surface area (TPSA) is 44.1 Å². The molecular formula is C18H18N2O. The first-order valence-corrected chi connectivity index (χ1v) is 6.89. The van der Waals surface area contributed by atoms with Crippen molar-refractivity contribution in [2.45, 2.75) is 13.3 Å². The Morgan fingerprint density at radius 1 is 1.19 bits per heavy atom. The summed E-state index contributed by atoms with van der Waals surface area (Å²) in [7, 11) is 1.71. The summed E-state index contributed by atoms with van der Waals surface area (Å²) in [6, 6.07) is 19.5. The lowest BCUT2D eigenvalue weighted by Gasteiger charge is -2.20. The quantitative estimate of drug-likeness (QED) is 0.861. The van der Waals surface area contributed by atoms with Crippen LogP contribution in [0.2, 0.25) is 0 Å². The number of hydrogen-bond acceptors (Lipinski definition) is 2. The summed E-state index contributed by atoms with van der Waals surface area (Å²) in [5, 5.41) is 9.31. The maximum Gasteiger partial charge on any atom is 0.244 e. The van der Waals surface area contributed by atoms with E-state index in [1.165, 1.54) is 0 Å². The number of nitriles is 1. The number of aryl methyl sites for hydroxylation is 1. The first-order valence-electron chi connectivity index (χ1n) is 6.89. The van der Waals surface area contributed by atoms with E-state index < -0.39 is 5.92 Å². The molecule has 3 nitrogen and oxygen atoms in total. The second-order valence-electron chi connectivity index (χ2n) is 5.11. The molecule has 1 unspecified atom stereocenters. The van der Waals surface area contributed by atoms with Crippen molar-refractivity contribution in [3.8, 4) is 6.07 Å². The average Bonchev–Trinajstić information content (AvgIpc) is 2.52. The summed E-state index contributed by atoms with van der Waals surface area (Å²) in [5.41, 5.74) is 2.90. The zero-order chi connectivity index (χ0) is 15.2. The number of nitrogens with zero attached hydrogens (tertiary/aromatic N) is 2. The van der Waals surface area contributed by atoms with Crippen LogP contribution in [0.25, 0.3) is 0 Å². The molecule has 0 radical (unpaired) electrons. The first kappa shape index (κ1) is 14.8. The van der Waals surface area contributed by atoms with Crippen LogP contribution in [0, 0.1) is 24.2 Å². The third kappa shape index (κ3) is 3.70. The molecule has 3 heteroatoms. The molecule has 0 aliphatic rings. The van der Waals surface area contributed by atoms with Crippen molar-refractivity contribution in [3.05, 3.63) is 65.7 Å². The maximum absolute atomic E-state index is 12.5. The minimum Gasteiger partial charge on any atom is -0.314 e. The highest BCUT2D eigenvalue weighted by Gasteiger charge is 2.23. The fourth-order valence-corrected chi connectivity index (χ4v) is 2.24. The molecule has 0 spiro atoms. The Kier molecular flexibility index (Phi) is 4.73. The van der Waals surface area contributed by atoms with Gasteiger partial charge in [-0.05, 0) is 36.6 Å². The molecule has 0 fully saturated rings. The Morgan fingerprint density at radius 2 is 1.90 bits per heavy atom. The second kappa shape index (κ2) is 6.71. The highest BCUT2D eigenvalue weighted by atomic mass is 16.2. The molecule has 0 aliphatic carbocycles. The van der Waals surface area contributed by atoms with Crippen LogP contribution in [-0.4, -0.2) is 13.0 Å². The van der Waals surface area contributed by atoms with E-state index in [4.69, 9.17) is 0 Å². The molecule has 0 saturated carbocycles. The van der Waals surface area contributed by atoms with Crippen molar-refractivity contribution in [1.82, 2.24) is 0 Å². The van der Waals surface area contributed by atoms with E-state index >= 15 is 0 Å². The van der Waals surface area contributed by atoms with E-state index in [1.807, 2.05) is 61.5 Å². The molecule has 1 atom stereocenters. The molecule has 0 heterocycles.